The van der Waals surface area contributed by atoms with Crippen LogP contribution in [0.3, 0.4) is 0 Å². The predicted molar refractivity (Wildman–Crippen MR) is 106 cm³/mol. The van der Waals surface area contributed by atoms with Crippen LogP contribution in [0, 0.1) is 0 Å². The van der Waals surface area contributed by atoms with E-state index >= 15 is 0 Å². The first-order valence-corrected chi connectivity index (χ1v) is 9.77. The van der Waals surface area contributed by atoms with Crippen molar-refractivity contribution in [2.24, 2.45) is 0 Å². The number of nitrogens with zero attached hydrogens (tertiary/aromatic N) is 4. The molecule has 30 heavy (non-hydrogen) atoms. The SMILES string of the molecule is CN1C(=O)[C@@H](NC(O)c2nnc(C3(c4ccccc4)CC3)o2)COc2cccnc21. The number of aromatic nitrogens is 3. The molecule has 2 aliphatic rings. The number of benzene rings is 1. The van der Waals surface area contributed by atoms with Crippen LogP contribution in [0.5, 0.6) is 5.75 Å². The number of anilines is 1. The fraction of sp³-hybridized carbons (Fsp3) is 0.333. The lowest BCUT2D eigenvalue weighted by Crippen LogP contribution is -2.48. The number of likely N-dealkylation sites (N-methyl/N-ethyl adjacent to an activating group) is 1. The molecule has 2 aromatic heterocycles. The van der Waals surface area contributed by atoms with E-state index < -0.39 is 12.3 Å². The van der Waals surface area contributed by atoms with Gasteiger partial charge in [0.2, 0.25) is 11.8 Å². The summed E-state index contributed by atoms with van der Waals surface area (Å²) >= 11 is 0. The van der Waals surface area contributed by atoms with Crippen molar-refractivity contribution in [3.05, 3.63) is 66.0 Å². The van der Waals surface area contributed by atoms with E-state index in [4.69, 9.17) is 9.15 Å². The number of pyridine rings is 1. The Labute approximate surface area is 172 Å². The van der Waals surface area contributed by atoms with Gasteiger partial charge in [-0.25, -0.2) is 4.98 Å². The highest BCUT2D eigenvalue weighted by atomic mass is 16.5. The average molecular weight is 407 g/mol. The van der Waals surface area contributed by atoms with E-state index in [9.17, 15) is 9.90 Å². The first kappa shape index (κ1) is 18.7. The molecule has 2 N–H and O–H groups in total. The summed E-state index contributed by atoms with van der Waals surface area (Å²) in [6.07, 6.45) is 2.10. The topological polar surface area (TPSA) is 114 Å². The number of rotatable bonds is 5. The Morgan fingerprint density at radius 3 is 2.77 bits per heavy atom. The van der Waals surface area contributed by atoms with Gasteiger partial charge in [-0.1, -0.05) is 30.3 Å². The van der Waals surface area contributed by atoms with E-state index in [-0.39, 0.29) is 23.8 Å². The largest absolute Gasteiger partial charge is 0.488 e. The number of aliphatic hydroxyl groups is 1. The summed E-state index contributed by atoms with van der Waals surface area (Å²) in [7, 11) is 1.62. The van der Waals surface area contributed by atoms with Crippen LogP contribution in [0.15, 0.2) is 53.1 Å². The molecule has 3 heterocycles. The first-order valence-electron chi connectivity index (χ1n) is 9.77. The van der Waals surface area contributed by atoms with Crippen molar-refractivity contribution in [3.8, 4) is 5.75 Å². The van der Waals surface area contributed by atoms with Gasteiger partial charge in [0, 0.05) is 13.2 Å². The summed E-state index contributed by atoms with van der Waals surface area (Å²) in [5.41, 5.74) is 0.822. The summed E-state index contributed by atoms with van der Waals surface area (Å²) in [6, 6.07) is 12.7. The fourth-order valence-corrected chi connectivity index (χ4v) is 3.76. The predicted octanol–water partition coefficient (Wildman–Crippen LogP) is 1.55. The molecule has 0 spiro atoms. The van der Waals surface area contributed by atoms with Gasteiger partial charge in [-0.2, -0.15) is 0 Å². The van der Waals surface area contributed by atoms with Gasteiger partial charge in [-0.05, 0) is 30.5 Å². The molecule has 2 atom stereocenters. The minimum Gasteiger partial charge on any atom is -0.488 e. The van der Waals surface area contributed by atoms with Gasteiger partial charge in [0.25, 0.3) is 5.89 Å². The highest BCUT2D eigenvalue weighted by Gasteiger charge is 2.51. The summed E-state index contributed by atoms with van der Waals surface area (Å²) in [6.45, 7) is 0.0356. The molecule has 9 nitrogen and oxygen atoms in total. The van der Waals surface area contributed by atoms with E-state index in [0.29, 0.717) is 17.5 Å². The minimum atomic E-state index is -1.31. The third-order valence-electron chi connectivity index (χ3n) is 5.62. The summed E-state index contributed by atoms with van der Waals surface area (Å²) < 4.78 is 11.5. The molecular weight excluding hydrogens is 386 g/mol. The highest BCUT2D eigenvalue weighted by Crippen LogP contribution is 2.52. The van der Waals surface area contributed by atoms with E-state index in [2.05, 4.69) is 20.5 Å². The Bertz CT molecular complexity index is 1070. The molecule has 5 rings (SSSR count). The number of aliphatic hydroxyl groups excluding tert-OH is 1. The van der Waals surface area contributed by atoms with Gasteiger partial charge in [0.1, 0.15) is 12.6 Å². The molecule has 154 valence electrons. The highest BCUT2D eigenvalue weighted by molar-refractivity contribution is 5.97. The maximum Gasteiger partial charge on any atom is 0.259 e. The van der Waals surface area contributed by atoms with Gasteiger partial charge in [0.15, 0.2) is 17.8 Å². The van der Waals surface area contributed by atoms with Crippen molar-refractivity contribution in [3.63, 3.8) is 0 Å². The Morgan fingerprint density at radius 2 is 2.00 bits per heavy atom. The third kappa shape index (κ3) is 3.12. The van der Waals surface area contributed by atoms with E-state index in [1.54, 1.807) is 25.4 Å². The number of carbonyl (C=O) groups is 1. The molecule has 1 fully saturated rings. The second kappa shape index (κ2) is 7.19. The maximum atomic E-state index is 12.8. The lowest BCUT2D eigenvalue weighted by molar-refractivity contribution is -0.121. The minimum absolute atomic E-state index is 0.0162. The van der Waals surface area contributed by atoms with Crippen LogP contribution in [0.1, 0.15) is 36.4 Å². The van der Waals surface area contributed by atoms with Crippen LogP contribution in [-0.2, 0) is 10.2 Å². The Hall–Kier alpha value is -3.30. The molecule has 1 aliphatic heterocycles. The van der Waals surface area contributed by atoms with Crippen LogP contribution in [0.4, 0.5) is 5.82 Å². The molecule has 1 saturated carbocycles. The van der Waals surface area contributed by atoms with Crippen LogP contribution < -0.4 is 15.0 Å². The molecule has 0 bridgehead atoms. The summed E-state index contributed by atoms with van der Waals surface area (Å²) in [4.78, 5) is 18.4. The number of nitrogens with one attached hydrogen (secondary N) is 1. The monoisotopic (exact) mass is 407 g/mol. The van der Waals surface area contributed by atoms with E-state index in [1.807, 2.05) is 30.3 Å². The lowest BCUT2D eigenvalue weighted by Gasteiger charge is -2.21. The molecule has 3 aromatic rings. The quantitative estimate of drug-likeness (QED) is 0.613. The number of hydrogen-bond donors (Lipinski definition) is 2. The number of ether oxygens (including phenoxy) is 1. The van der Waals surface area contributed by atoms with Crippen molar-refractivity contribution in [2.45, 2.75) is 30.5 Å². The standard InChI is InChI=1S/C21H21N5O4/c1-26-16-15(8-5-11-22-16)29-12-14(19(26)28)23-17(27)18-24-25-20(30-18)21(9-10-21)13-6-3-2-4-7-13/h2-8,11,14,17,23,27H,9-10,12H2,1H3/t14-,17?/m0/s1. The first-order chi connectivity index (χ1) is 14.6. The molecule has 1 unspecified atom stereocenters. The molecular formula is C21H21N5O4. The van der Waals surface area contributed by atoms with Crippen LogP contribution >= 0.6 is 0 Å². The molecule has 9 heteroatoms. The van der Waals surface area contributed by atoms with Gasteiger partial charge < -0.3 is 14.3 Å². The lowest BCUT2D eigenvalue weighted by atomic mass is 9.96. The van der Waals surface area contributed by atoms with Crippen molar-refractivity contribution in [1.82, 2.24) is 20.5 Å². The van der Waals surface area contributed by atoms with E-state index in [0.717, 1.165) is 18.4 Å². The zero-order chi connectivity index (χ0) is 20.7. The molecule has 1 amide bonds. The van der Waals surface area contributed by atoms with Gasteiger partial charge in [-0.15, -0.1) is 10.2 Å². The molecule has 0 radical (unpaired) electrons. The van der Waals surface area contributed by atoms with Crippen LogP contribution in [0.25, 0.3) is 0 Å². The average Bonchev–Trinajstić information content (AvgIpc) is 3.47. The van der Waals surface area contributed by atoms with Crippen molar-refractivity contribution < 1.29 is 19.1 Å². The smallest absolute Gasteiger partial charge is 0.259 e. The summed E-state index contributed by atoms with van der Waals surface area (Å²) in [5, 5.41) is 21.6. The maximum absolute atomic E-state index is 12.8. The van der Waals surface area contributed by atoms with Crippen molar-refractivity contribution >= 4 is 11.7 Å². The summed E-state index contributed by atoms with van der Waals surface area (Å²) in [5.74, 6) is 1.14. The molecule has 1 aromatic carbocycles. The zero-order valence-electron chi connectivity index (χ0n) is 16.4. The fourth-order valence-electron chi connectivity index (χ4n) is 3.76. The van der Waals surface area contributed by atoms with Crippen LogP contribution in [0.2, 0.25) is 0 Å². The third-order valence-corrected chi connectivity index (χ3v) is 5.62. The number of hydrogen-bond acceptors (Lipinski definition) is 8. The zero-order valence-corrected chi connectivity index (χ0v) is 16.4. The van der Waals surface area contributed by atoms with E-state index in [1.165, 1.54) is 4.90 Å². The normalized spacial score (nSPS) is 20.8. The molecule has 1 aliphatic carbocycles. The van der Waals surface area contributed by atoms with Crippen LogP contribution in [-0.4, -0.2) is 45.9 Å². The second-order valence-electron chi connectivity index (χ2n) is 7.55. The van der Waals surface area contributed by atoms with Crippen molar-refractivity contribution in [2.75, 3.05) is 18.6 Å². The Balaban J connectivity index is 1.32. The second-order valence-corrected chi connectivity index (χ2v) is 7.55. The Morgan fingerprint density at radius 1 is 1.20 bits per heavy atom. The Kier molecular flexibility index (Phi) is 4.48. The number of amides is 1. The number of carbonyl (C=O) groups excluding carboxylic acids is 1. The van der Waals surface area contributed by atoms with Gasteiger partial charge in [-0.3, -0.25) is 15.0 Å². The van der Waals surface area contributed by atoms with Gasteiger partial charge >= 0.3 is 0 Å². The van der Waals surface area contributed by atoms with Gasteiger partial charge in [0.05, 0.1) is 5.41 Å². The number of fused-ring (bicyclic) bond motifs is 1. The molecule has 0 saturated heterocycles. The van der Waals surface area contributed by atoms with Crippen molar-refractivity contribution in [1.29, 1.82) is 0 Å².